The van der Waals surface area contributed by atoms with Gasteiger partial charge in [0.1, 0.15) is 5.76 Å². The average molecular weight is 96.1 g/mol. The molecule has 0 spiro atoms. The Kier molecular flexibility index (Phi) is 0.719. The predicted molar refractivity (Wildman–Crippen MR) is 24.9 cm³/mol. The summed E-state index contributed by atoms with van der Waals surface area (Å²) in [6.45, 7) is 0. The molecule has 0 atom stereocenters. The maximum Gasteiger partial charge on any atom is 0.182 e. The van der Waals surface area contributed by atoms with Crippen LogP contribution in [0.15, 0.2) is 24.0 Å². The second-order valence-electron chi connectivity index (χ2n) is 1.30. The van der Waals surface area contributed by atoms with Gasteiger partial charge in [0.2, 0.25) is 0 Å². The lowest BCUT2D eigenvalue weighted by molar-refractivity contribution is -0.110. The summed E-state index contributed by atoms with van der Waals surface area (Å²) in [6.07, 6.45) is 3.84. The molecule has 1 aliphatic carbocycles. The van der Waals surface area contributed by atoms with Gasteiger partial charge in [-0.25, -0.2) is 0 Å². The third kappa shape index (κ3) is 0.682. The van der Waals surface area contributed by atoms with E-state index in [1.54, 1.807) is 0 Å². The maximum absolute atomic E-state index is 10.1. The highest BCUT2D eigenvalue weighted by molar-refractivity contribution is 6.02. The van der Waals surface area contributed by atoms with E-state index in [1.807, 2.05) is 0 Å². The van der Waals surface area contributed by atoms with Gasteiger partial charge in [0, 0.05) is 6.08 Å². The molecule has 0 bridgehead atoms. The first-order valence-corrected chi connectivity index (χ1v) is 1.92. The topological polar surface area (TPSA) is 37.3 Å². The molecular weight excluding hydrogens is 92.1 g/mol. The van der Waals surface area contributed by atoms with Gasteiger partial charge in [-0.2, -0.15) is 0 Å². The van der Waals surface area contributed by atoms with Crippen LogP contribution in [-0.2, 0) is 4.79 Å². The van der Waals surface area contributed by atoms with Crippen LogP contribution >= 0.6 is 0 Å². The largest absolute Gasteiger partial charge is 0.508 e. The highest BCUT2D eigenvalue weighted by atomic mass is 16.3. The Morgan fingerprint density at radius 1 is 1.43 bits per heavy atom. The molecule has 0 aromatic rings. The monoisotopic (exact) mass is 96.0 g/mol. The molecule has 0 saturated heterocycles. The minimum absolute atomic E-state index is 0.0463. The number of allylic oxidation sites excluding steroid dienone is 3. The molecule has 2 heteroatoms. The predicted octanol–water partition coefficient (Wildman–Crippen LogP) is 0.567. The first kappa shape index (κ1) is 4.12. The average Bonchev–Trinajstić information content (AvgIpc) is 1.87. The SMILES string of the molecule is O=C1C=CC(O)=C1. The molecule has 36 valence electrons. The molecule has 0 saturated carbocycles. The lowest BCUT2D eigenvalue weighted by atomic mass is 10.4. The van der Waals surface area contributed by atoms with E-state index in [2.05, 4.69) is 0 Å². The van der Waals surface area contributed by atoms with Crippen molar-refractivity contribution in [2.75, 3.05) is 0 Å². The van der Waals surface area contributed by atoms with Crippen LogP contribution in [0.25, 0.3) is 0 Å². The first-order chi connectivity index (χ1) is 3.29. The summed E-state index contributed by atoms with van der Waals surface area (Å²) < 4.78 is 0. The van der Waals surface area contributed by atoms with Crippen LogP contribution in [0.5, 0.6) is 0 Å². The second kappa shape index (κ2) is 1.22. The van der Waals surface area contributed by atoms with Crippen molar-refractivity contribution in [1.82, 2.24) is 0 Å². The van der Waals surface area contributed by atoms with E-state index in [1.165, 1.54) is 18.2 Å². The Hall–Kier alpha value is -1.05. The van der Waals surface area contributed by atoms with Crippen molar-refractivity contribution >= 4 is 5.78 Å². The summed E-state index contributed by atoms with van der Waals surface area (Å²) in [6, 6.07) is 0. The summed E-state index contributed by atoms with van der Waals surface area (Å²) in [5.41, 5.74) is 0. The summed E-state index contributed by atoms with van der Waals surface area (Å²) in [4.78, 5) is 10.1. The van der Waals surface area contributed by atoms with Crippen LogP contribution in [-0.4, -0.2) is 10.9 Å². The molecule has 0 unspecified atom stereocenters. The molecule has 2 nitrogen and oxygen atoms in total. The van der Waals surface area contributed by atoms with E-state index < -0.39 is 0 Å². The minimum Gasteiger partial charge on any atom is -0.508 e. The Bertz CT molecular complexity index is 153. The zero-order valence-corrected chi connectivity index (χ0v) is 3.59. The molecule has 7 heavy (non-hydrogen) atoms. The first-order valence-electron chi connectivity index (χ1n) is 1.92. The van der Waals surface area contributed by atoms with Crippen LogP contribution in [0, 0.1) is 0 Å². The molecule has 0 fully saturated rings. The summed E-state index contributed by atoms with van der Waals surface area (Å²) >= 11 is 0. The van der Waals surface area contributed by atoms with Gasteiger partial charge in [-0.1, -0.05) is 0 Å². The fourth-order valence-corrected chi connectivity index (χ4v) is 0.409. The zero-order valence-electron chi connectivity index (χ0n) is 3.59. The van der Waals surface area contributed by atoms with Gasteiger partial charge >= 0.3 is 0 Å². The molecule has 0 radical (unpaired) electrons. The highest BCUT2D eigenvalue weighted by Gasteiger charge is 1.99. The number of carbonyl (C=O) groups excluding carboxylic acids is 1. The summed E-state index contributed by atoms with van der Waals surface area (Å²) in [7, 11) is 0. The van der Waals surface area contributed by atoms with Gasteiger partial charge in [-0.05, 0) is 12.2 Å². The Morgan fingerprint density at radius 3 is 2.29 bits per heavy atom. The lowest BCUT2D eigenvalue weighted by Crippen LogP contribution is -1.77. The zero-order chi connectivity index (χ0) is 5.28. The molecule has 0 aliphatic heterocycles. The van der Waals surface area contributed by atoms with Crippen molar-refractivity contribution in [2.24, 2.45) is 0 Å². The molecule has 0 aromatic heterocycles. The van der Waals surface area contributed by atoms with E-state index in [-0.39, 0.29) is 11.5 Å². The molecule has 0 amide bonds. The normalized spacial score (nSPS) is 17.7. The van der Waals surface area contributed by atoms with Crippen LogP contribution in [0.4, 0.5) is 0 Å². The number of aliphatic hydroxyl groups excluding tert-OH is 1. The quantitative estimate of drug-likeness (QED) is 0.478. The molecular formula is C5H4O2. The summed E-state index contributed by atoms with van der Waals surface area (Å²) in [5.74, 6) is -0.0949. The van der Waals surface area contributed by atoms with Crippen LogP contribution in [0.2, 0.25) is 0 Å². The van der Waals surface area contributed by atoms with Gasteiger partial charge in [0.05, 0.1) is 0 Å². The van der Waals surface area contributed by atoms with E-state index in [0.717, 1.165) is 0 Å². The number of ketones is 1. The molecule has 0 aromatic carbocycles. The van der Waals surface area contributed by atoms with E-state index in [9.17, 15) is 4.79 Å². The minimum atomic E-state index is -0.141. The van der Waals surface area contributed by atoms with Crippen molar-refractivity contribution in [3.63, 3.8) is 0 Å². The third-order valence-corrected chi connectivity index (χ3v) is 0.709. The van der Waals surface area contributed by atoms with E-state index in [0.29, 0.717) is 0 Å². The van der Waals surface area contributed by atoms with Crippen molar-refractivity contribution < 1.29 is 9.90 Å². The van der Waals surface area contributed by atoms with Gasteiger partial charge in [-0.3, -0.25) is 4.79 Å². The van der Waals surface area contributed by atoms with Gasteiger partial charge in [0.15, 0.2) is 5.78 Å². The Balaban J connectivity index is 2.88. The fourth-order valence-electron chi connectivity index (χ4n) is 0.409. The summed E-state index contributed by atoms with van der Waals surface area (Å²) in [5, 5.41) is 8.45. The maximum atomic E-state index is 10.1. The van der Waals surface area contributed by atoms with Crippen molar-refractivity contribution in [3.8, 4) is 0 Å². The standard InChI is InChI=1S/C5H4O2/c6-4-1-2-5(7)3-4/h1-3,6H. The lowest BCUT2D eigenvalue weighted by Gasteiger charge is -1.73. The number of aliphatic hydroxyl groups is 1. The number of hydrogen-bond donors (Lipinski definition) is 1. The van der Waals surface area contributed by atoms with Crippen molar-refractivity contribution in [2.45, 2.75) is 0 Å². The van der Waals surface area contributed by atoms with Crippen LogP contribution in [0.3, 0.4) is 0 Å². The van der Waals surface area contributed by atoms with Gasteiger partial charge < -0.3 is 5.11 Å². The van der Waals surface area contributed by atoms with E-state index >= 15 is 0 Å². The van der Waals surface area contributed by atoms with Crippen LogP contribution in [0.1, 0.15) is 0 Å². The molecule has 1 N–H and O–H groups in total. The Labute approximate surface area is 40.8 Å². The Morgan fingerprint density at radius 2 is 2.14 bits per heavy atom. The van der Waals surface area contributed by atoms with Crippen molar-refractivity contribution in [1.29, 1.82) is 0 Å². The van der Waals surface area contributed by atoms with Gasteiger partial charge in [-0.15, -0.1) is 0 Å². The molecule has 1 rings (SSSR count). The fraction of sp³-hybridized carbons (Fsp3) is 0. The van der Waals surface area contributed by atoms with Gasteiger partial charge in [0.25, 0.3) is 0 Å². The van der Waals surface area contributed by atoms with E-state index in [4.69, 9.17) is 5.11 Å². The smallest absolute Gasteiger partial charge is 0.182 e. The molecule has 0 heterocycles. The number of rotatable bonds is 0. The highest BCUT2D eigenvalue weighted by Crippen LogP contribution is 1.99. The van der Waals surface area contributed by atoms with Crippen molar-refractivity contribution in [3.05, 3.63) is 24.0 Å². The molecule has 1 aliphatic rings. The number of hydrogen-bond acceptors (Lipinski definition) is 2. The van der Waals surface area contributed by atoms with Crippen LogP contribution < -0.4 is 0 Å². The third-order valence-electron chi connectivity index (χ3n) is 0.709. The number of carbonyl (C=O) groups is 1. The second-order valence-corrected chi connectivity index (χ2v) is 1.30.